The second-order valence-corrected chi connectivity index (χ2v) is 5.10. The third-order valence-electron chi connectivity index (χ3n) is 3.80. The van der Waals surface area contributed by atoms with Crippen molar-refractivity contribution < 1.29 is 0 Å². The van der Waals surface area contributed by atoms with Crippen LogP contribution < -0.4 is 10.2 Å². The average molecular weight is 233 g/mol. The van der Waals surface area contributed by atoms with Crippen LogP contribution in [-0.2, 0) is 0 Å². The fraction of sp³-hybridized carbons (Fsp3) is 0.643. The third-order valence-corrected chi connectivity index (χ3v) is 3.80. The van der Waals surface area contributed by atoms with Crippen LogP contribution in [0.25, 0.3) is 0 Å². The maximum atomic E-state index is 4.58. The number of anilines is 1. The molecule has 1 fully saturated rings. The molecule has 17 heavy (non-hydrogen) atoms. The van der Waals surface area contributed by atoms with Gasteiger partial charge in [-0.3, -0.25) is 0 Å². The summed E-state index contributed by atoms with van der Waals surface area (Å²) in [5.41, 5.74) is 1.31. The zero-order chi connectivity index (χ0) is 12.3. The molecule has 0 radical (unpaired) electrons. The van der Waals surface area contributed by atoms with E-state index in [1.165, 1.54) is 24.2 Å². The molecule has 1 aliphatic heterocycles. The van der Waals surface area contributed by atoms with Crippen molar-refractivity contribution in [2.45, 2.75) is 32.7 Å². The van der Waals surface area contributed by atoms with Crippen molar-refractivity contribution in [2.75, 3.05) is 25.0 Å². The van der Waals surface area contributed by atoms with Gasteiger partial charge in [0.25, 0.3) is 0 Å². The summed E-state index contributed by atoms with van der Waals surface area (Å²) in [5.74, 6) is 2.03. The predicted molar refractivity (Wildman–Crippen MR) is 72.3 cm³/mol. The van der Waals surface area contributed by atoms with E-state index in [0.717, 1.165) is 19.0 Å². The SMILES string of the molecule is CNC(C)c1cccnc1N1CCC(C)CC1. The van der Waals surface area contributed by atoms with Crippen LogP contribution in [0.1, 0.15) is 38.3 Å². The minimum Gasteiger partial charge on any atom is -0.356 e. The maximum Gasteiger partial charge on any atom is 0.133 e. The van der Waals surface area contributed by atoms with Crippen molar-refractivity contribution in [3.63, 3.8) is 0 Å². The van der Waals surface area contributed by atoms with Crippen molar-refractivity contribution >= 4 is 5.82 Å². The molecule has 94 valence electrons. The molecule has 0 spiro atoms. The molecule has 2 heterocycles. The molecular weight excluding hydrogens is 210 g/mol. The van der Waals surface area contributed by atoms with Gasteiger partial charge in [-0.2, -0.15) is 0 Å². The summed E-state index contributed by atoms with van der Waals surface area (Å²) in [6, 6.07) is 4.57. The summed E-state index contributed by atoms with van der Waals surface area (Å²) in [6.07, 6.45) is 4.47. The second kappa shape index (κ2) is 5.50. The summed E-state index contributed by atoms with van der Waals surface area (Å²) in [4.78, 5) is 7.02. The molecule has 0 aliphatic carbocycles. The lowest BCUT2D eigenvalue weighted by Crippen LogP contribution is -2.34. The number of pyridine rings is 1. The number of nitrogens with zero attached hydrogens (tertiary/aromatic N) is 2. The molecule has 2 rings (SSSR count). The minimum absolute atomic E-state index is 0.359. The Kier molecular flexibility index (Phi) is 4.00. The lowest BCUT2D eigenvalue weighted by Gasteiger charge is -2.33. The molecule has 0 aromatic carbocycles. The molecule has 1 saturated heterocycles. The van der Waals surface area contributed by atoms with E-state index in [4.69, 9.17) is 0 Å². The number of hydrogen-bond acceptors (Lipinski definition) is 3. The zero-order valence-electron chi connectivity index (χ0n) is 11.1. The van der Waals surface area contributed by atoms with E-state index in [0.29, 0.717) is 6.04 Å². The zero-order valence-corrected chi connectivity index (χ0v) is 11.1. The van der Waals surface area contributed by atoms with Crippen LogP contribution in [0.5, 0.6) is 0 Å². The van der Waals surface area contributed by atoms with Crippen LogP contribution in [-0.4, -0.2) is 25.1 Å². The Balaban J connectivity index is 2.19. The lowest BCUT2D eigenvalue weighted by molar-refractivity contribution is 0.435. The number of piperidine rings is 1. The summed E-state index contributed by atoms with van der Waals surface area (Å²) in [6.45, 7) is 6.81. The van der Waals surface area contributed by atoms with Crippen LogP contribution in [0, 0.1) is 5.92 Å². The quantitative estimate of drug-likeness (QED) is 0.870. The minimum atomic E-state index is 0.359. The average Bonchev–Trinajstić information content (AvgIpc) is 2.39. The first-order chi connectivity index (χ1) is 8.22. The van der Waals surface area contributed by atoms with Crippen LogP contribution in [0.2, 0.25) is 0 Å². The van der Waals surface area contributed by atoms with Crippen LogP contribution in [0.4, 0.5) is 5.82 Å². The summed E-state index contributed by atoms with van der Waals surface area (Å²) in [5, 5.41) is 3.30. The molecular formula is C14H23N3. The highest BCUT2D eigenvalue weighted by atomic mass is 15.2. The van der Waals surface area contributed by atoms with Gasteiger partial charge in [0.15, 0.2) is 0 Å². The van der Waals surface area contributed by atoms with E-state index in [9.17, 15) is 0 Å². The third kappa shape index (κ3) is 2.78. The van der Waals surface area contributed by atoms with Crippen molar-refractivity contribution in [3.8, 4) is 0 Å². The van der Waals surface area contributed by atoms with Gasteiger partial charge in [0.2, 0.25) is 0 Å². The summed E-state index contributed by atoms with van der Waals surface area (Å²) < 4.78 is 0. The van der Waals surface area contributed by atoms with Crippen molar-refractivity contribution in [3.05, 3.63) is 23.9 Å². The Labute approximate surface area is 104 Å². The van der Waals surface area contributed by atoms with Crippen LogP contribution in [0.3, 0.4) is 0 Å². The van der Waals surface area contributed by atoms with Crippen molar-refractivity contribution in [1.82, 2.24) is 10.3 Å². The van der Waals surface area contributed by atoms with E-state index < -0.39 is 0 Å². The Bertz CT molecular complexity index is 356. The van der Waals surface area contributed by atoms with E-state index in [2.05, 4.69) is 35.1 Å². The smallest absolute Gasteiger partial charge is 0.133 e. The Morgan fingerprint density at radius 2 is 2.12 bits per heavy atom. The van der Waals surface area contributed by atoms with Gasteiger partial charge in [0, 0.05) is 30.9 Å². The molecule has 0 saturated carbocycles. The first kappa shape index (κ1) is 12.4. The molecule has 3 heteroatoms. The molecule has 1 atom stereocenters. The van der Waals surface area contributed by atoms with E-state index in [-0.39, 0.29) is 0 Å². The van der Waals surface area contributed by atoms with E-state index in [1.807, 2.05) is 19.3 Å². The monoisotopic (exact) mass is 233 g/mol. The topological polar surface area (TPSA) is 28.2 Å². The molecule has 1 aliphatic rings. The number of nitrogens with one attached hydrogen (secondary N) is 1. The van der Waals surface area contributed by atoms with Gasteiger partial charge in [-0.1, -0.05) is 13.0 Å². The van der Waals surface area contributed by atoms with Gasteiger partial charge < -0.3 is 10.2 Å². The molecule has 1 unspecified atom stereocenters. The van der Waals surface area contributed by atoms with Gasteiger partial charge in [-0.25, -0.2) is 4.98 Å². The van der Waals surface area contributed by atoms with Crippen molar-refractivity contribution in [2.24, 2.45) is 5.92 Å². The predicted octanol–water partition coefficient (Wildman–Crippen LogP) is 2.60. The molecule has 1 N–H and O–H groups in total. The maximum absolute atomic E-state index is 4.58. The van der Waals surface area contributed by atoms with Gasteiger partial charge in [-0.15, -0.1) is 0 Å². The lowest BCUT2D eigenvalue weighted by atomic mass is 9.98. The summed E-state index contributed by atoms with van der Waals surface area (Å²) in [7, 11) is 2.00. The molecule has 3 nitrogen and oxygen atoms in total. The highest BCUT2D eigenvalue weighted by Crippen LogP contribution is 2.27. The van der Waals surface area contributed by atoms with Gasteiger partial charge in [0.1, 0.15) is 5.82 Å². The second-order valence-electron chi connectivity index (χ2n) is 5.10. The highest BCUT2D eigenvalue weighted by Gasteiger charge is 2.20. The fourth-order valence-corrected chi connectivity index (χ4v) is 2.39. The standard InChI is InChI=1S/C14H23N3/c1-11-6-9-17(10-7-11)14-13(12(2)15-3)5-4-8-16-14/h4-5,8,11-12,15H,6-7,9-10H2,1-3H3. The van der Waals surface area contributed by atoms with Crippen LogP contribution >= 0.6 is 0 Å². The van der Waals surface area contributed by atoms with Gasteiger partial charge in [0.05, 0.1) is 0 Å². The Morgan fingerprint density at radius 3 is 2.76 bits per heavy atom. The van der Waals surface area contributed by atoms with Gasteiger partial charge >= 0.3 is 0 Å². The van der Waals surface area contributed by atoms with Gasteiger partial charge in [-0.05, 0) is 38.8 Å². The van der Waals surface area contributed by atoms with Crippen molar-refractivity contribution in [1.29, 1.82) is 0 Å². The molecule has 0 bridgehead atoms. The molecule has 1 aromatic rings. The highest BCUT2D eigenvalue weighted by molar-refractivity contribution is 5.48. The van der Waals surface area contributed by atoms with E-state index in [1.54, 1.807) is 0 Å². The molecule has 0 amide bonds. The Hall–Kier alpha value is -1.09. The first-order valence-corrected chi connectivity index (χ1v) is 6.59. The molecule has 1 aromatic heterocycles. The summed E-state index contributed by atoms with van der Waals surface area (Å²) >= 11 is 0. The number of aromatic nitrogens is 1. The fourth-order valence-electron chi connectivity index (χ4n) is 2.39. The first-order valence-electron chi connectivity index (χ1n) is 6.59. The normalized spacial score (nSPS) is 19.4. The van der Waals surface area contributed by atoms with Crippen LogP contribution in [0.15, 0.2) is 18.3 Å². The Morgan fingerprint density at radius 1 is 1.41 bits per heavy atom. The number of hydrogen-bond donors (Lipinski definition) is 1. The number of rotatable bonds is 3. The van der Waals surface area contributed by atoms with E-state index >= 15 is 0 Å². The largest absolute Gasteiger partial charge is 0.356 e.